The molecule has 5 aromatic rings. The molecule has 43 heavy (non-hydrogen) atoms. The molecule has 2 atom stereocenters. The molecule has 6 heteroatoms. The van der Waals surface area contributed by atoms with Crippen molar-refractivity contribution in [1.82, 2.24) is 9.88 Å². The Bertz CT molecular complexity index is 1700. The number of ether oxygens (including phenoxy) is 2. The van der Waals surface area contributed by atoms with Gasteiger partial charge >= 0.3 is 0 Å². The van der Waals surface area contributed by atoms with Crippen LogP contribution in [0.1, 0.15) is 41.5 Å². The zero-order valence-corrected chi connectivity index (χ0v) is 24.0. The van der Waals surface area contributed by atoms with Gasteiger partial charge in [-0.05, 0) is 85.3 Å². The van der Waals surface area contributed by atoms with E-state index >= 15 is 0 Å². The normalized spacial score (nSPS) is 16.3. The van der Waals surface area contributed by atoms with Crippen molar-refractivity contribution in [3.05, 3.63) is 132 Å². The quantitative estimate of drug-likeness (QED) is 0.134. The maximum atomic E-state index is 11.9. The predicted octanol–water partition coefficient (Wildman–Crippen LogP) is 7.78. The van der Waals surface area contributed by atoms with E-state index in [0.717, 1.165) is 58.8 Å². The summed E-state index contributed by atoms with van der Waals surface area (Å²) in [7, 11) is 0. The average Bonchev–Trinajstić information content (AvgIpc) is 3.64. The molecule has 1 aliphatic rings. The van der Waals surface area contributed by atoms with Crippen molar-refractivity contribution in [2.24, 2.45) is 0 Å². The molecule has 6 nitrogen and oxygen atoms in total. The van der Waals surface area contributed by atoms with Gasteiger partial charge in [-0.3, -0.25) is 4.90 Å². The van der Waals surface area contributed by atoms with Crippen LogP contribution >= 0.6 is 0 Å². The second kappa shape index (κ2) is 13.2. The molecule has 2 heterocycles. The van der Waals surface area contributed by atoms with Gasteiger partial charge in [0.2, 0.25) is 11.7 Å². The van der Waals surface area contributed by atoms with Gasteiger partial charge in [-0.15, -0.1) is 0 Å². The van der Waals surface area contributed by atoms with Gasteiger partial charge in [0.25, 0.3) is 0 Å². The number of carbonyl (C=O) groups is 1. The highest BCUT2D eigenvalue weighted by Crippen LogP contribution is 2.37. The second-order valence-electron chi connectivity index (χ2n) is 10.5. The summed E-state index contributed by atoms with van der Waals surface area (Å²) in [5.41, 5.74) is 3.97. The van der Waals surface area contributed by atoms with E-state index in [0.29, 0.717) is 18.2 Å². The van der Waals surface area contributed by atoms with E-state index in [9.17, 15) is 4.79 Å². The van der Waals surface area contributed by atoms with Crippen LogP contribution in [0.15, 0.2) is 114 Å². The van der Waals surface area contributed by atoms with Gasteiger partial charge in [0.1, 0.15) is 30.1 Å². The third-order valence-corrected chi connectivity index (χ3v) is 7.58. The van der Waals surface area contributed by atoms with E-state index in [4.69, 9.17) is 13.9 Å². The number of hydrogen-bond donors (Lipinski definition) is 0. The lowest BCUT2D eigenvalue weighted by atomic mass is 10.0. The van der Waals surface area contributed by atoms with Gasteiger partial charge in [-0.25, -0.2) is 4.98 Å². The predicted molar refractivity (Wildman–Crippen MR) is 166 cm³/mol. The summed E-state index contributed by atoms with van der Waals surface area (Å²) in [6, 6.07) is 35.7. The molecule has 0 radical (unpaired) electrons. The number of carbonyl (C=O) groups excluding carboxylic acids is 1. The summed E-state index contributed by atoms with van der Waals surface area (Å²) in [5, 5.41) is 0. The molecule has 0 aliphatic carbocycles. The topological polar surface area (TPSA) is 64.8 Å². The second-order valence-corrected chi connectivity index (χ2v) is 10.5. The Hall–Kier alpha value is -5.12. The van der Waals surface area contributed by atoms with Gasteiger partial charge in [0, 0.05) is 18.2 Å². The molecule has 1 fully saturated rings. The van der Waals surface area contributed by atoms with E-state index in [2.05, 4.69) is 46.0 Å². The third-order valence-electron chi connectivity index (χ3n) is 7.58. The van der Waals surface area contributed by atoms with Crippen molar-refractivity contribution in [2.75, 3.05) is 6.61 Å². The number of aryl methyl sites for hydroxylation is 1. The van der Waals surface area contributed by atoms with Crippen molar-refractivity contribution in [3.8, 4) is 40.5 Å². The van der Waals surface area contributed by atoms with Crippen LogP contribution in [0.3, 0.4) is 0 Å². The molecule has 0 saturated carbocycles. The molecule has 1 aromatic heterocycles. The molecule has 1 saturated heterocycles. The number of nitrogens with zero attached hydrogens (tertiary/aromatic N) is 2. The maximum absolute atomic E-state index is 11.9. The highest BCUT2D eigenvalue weighted by Gasteiger charge is 2.34. The van der Waals surface area contributed by atoms with Crippen molar-refractivity contribution in [1.29, 1.82) is 0 Å². The number of para-hydroxylation sites is 1. The summed E-state index contributed by atoms with van der Waals surface area (Å²) in [6.45, 7) is 2.80. The molecule has 6 rings (SSSR count). The molecule has 0 N–H and O–H groups in total. The number of aromatic nitrogens is 1. The Morgan fingerprint density at radius 2 is 1.53 bits per heavy atom. The summed E-state index contributed by atoms with van der Waals surface area (Å²) < 4.78 is 17.7. The minimum Gasteiger partial charge on any atom is -0.481 e. The average molecular weight is 569 g/mol. The first-order valence-corrected chi connectivity index (χ1v) is 14.4. The third kappa shape index (κ3) is 6.86. The highest BCUT2D eigenvalue weighted by atomic mass is 16.5. The SMILES string of the molecule is Cc1nc(-c2ccccc2)oc1C#CCOc1ccc([C@@H]2CC[C@@H](C=O)N2Cc2ccc(Oc3ccccc3)cc2)cc1. The van der Waals surface area contributed by atoms with Crippen molar-refractivity contribution in [3.63, 3.8) is 0 Å². The van der Waals surface area contributed by atoms with E-state index in [1.807, 2.05) is 91.9 Å². The maximum Gasteiger partial charge on any atom is 0.227 e. The minimum absolute atomic E-state index is 0.113. The molecular weight excluding hydrogens is 536 g/mol. The standard InChI is InChI=1S/C37H32N2O4/c1-27-36(43-37(38-27)30-9-4-2-5-10-30)13-8-24-41-32-21-16-29(17-22-32)35-23-18-31(26-40)39(35)25-28-14-19-34(20-15-28)42-33-11-6-3-7-12-33/h2-7,9-12,14-17,19-22,26,31,35H,18,23-25H2,1H3/t31-,35-/m0/s1. The lowest BCUT2D eigenvalue weighted by Gasteiger charge is -2.28. The van der Waals surface area contributed by atoms with Crippen molar-refractivity contribution in [2.45, 2.75) is 38.4 Å². The highest BCUT2D eigenvalue weighted by molar-refractivity contribution is 5.58. The number of aldehydes is 1. The lowest BCUT2D eigenvalue weighted by molar-refractivity contribution is -0.112. The van der Waals surface area contributed by atoms with Gasteiger partial charge in [0.05, 0.1) is 11.7 Å². The zero-order valence-electron chi connectivity index (χ0n) is 24.0. The molecule has 0 unspecified atom stereocenters. The van der Waals surface area contributed by atoms with E-state index in [1.165, 1.54) is 0 Å². The molecule has 4 aromatic carbocycles. The van der Waals surface area contributed by atoms with Crippen LogP contribution in [0.25, 0.3) is 11.5 Å². The van der Waals surface area contributed by atoms with E-state index in [-0.39, 0.29) is 18.7 Å². The first-order valence-electron chi connectivity index (χ1n) is 14.4. The number of hydrogen-bond acceptors (Lipinski definition) is 6. The fourth-order valence-electron chi connectivity index (χ4n) is 5.36. The Kier molecular flexibility index (Phi) is 8.63. The smallest absolute Gasteiger partial charge is 0.227 e. The van der Waals surface area contributed by atoms with Crippen LogP contribution in [0.5, 0.6) is 17.2 Å². The first-order chi connectivity index (χ1) is 21.2. The fraction of sp³-hybridized carbons (Fsp3) is 0.189. The van der Waals surface area contributed by atoms with Crippen LogP contribution in [0, 0.1) is 18.8 Å². The Balaban J connectivity index is 1.06. The molecule has 0 spiro atoms. The minimum atomic E-state index is -0.113. The zero-order chi connectivity index (χ0) is 29.4. The lowest BCUT2D eigenvalue weighted by Crippen LogP contribution is -2.32. The van der Waals surface area contributed by atoms with Crippen LogP contribution in [-0.4, -0.2) is 28.8 Å². The Labute approximate surface area is 251 Å². The van der Waals surface area contributed by atoms with Gasteiger partial charge in [-0.1, -0.05) is 66.6 Å². The van der Waals surface area contributed by atoms with E-state index < -0.39 is 0 Å². The monoisotopic (exact) mass is 568 g/mol. The number of likely N-dealkylation sites (tertiary alicyclic amines) is 1. The van der Waals surface area contributed by atoms with Crippen molar-refractivity contribution >= 4 is 6.29 Å². The molecular formula is C37H32N2O4. The van der Waals surface area contributed by atoms with Gasteiger partial charge in [0.15, 0.2) is 0 Å². The largest absolute Gasteiger partial charge is 0.481 e. The number of rotatable bonds is 9. The summed E-state index contributed by atoms with van der Waals surface area (Å²) in [4.78, 5) is 18.7. The van der Waals surface area contributed by atoms with Crippen LogP contribution in [0.4, 0.5) is 0 Å². The molecule has 0 bridgehead atoms. The van der Waals surface area contributed by atoms with Gasteiger partial charge in [-0.2, -0.15) is 0 Å². The fourth-order valence-corrected chi connectivity index (χ4v) is 5.36. The first kappa shape index (κ1) is 28.0. The van der Waals surface area contributed by atoms with Crippen LogP contribution in [-0.2, 0) is 11.3 Å². The Morgan fingerprint density at radius 3 is 2.26 bits per heavy atom. The van der Waals surface area contributed by atoms with Crippen LogP contribution in [0.2, 0.25) is 0 Å². The summed E-state index contributed by atoms with van der Waals surface area (Å²) >= 11 is 0. The van der Waals surface area contributed by atoms with E-state index in [1.54, 1.807) is 0 Å². The van der Waals surface area contributed by atoms with Gasteiger partial charge < -0.3 is 18.7 Å². The van der Waals surface area contributed by atoms with Crippen molar-refractivity contribution < 1.29 is 18.7 Å². The number of benzene rings is 4. The summed E-state index contributed by atoms with van der Waals surface area (Å²) in [5.74, 6) is 9.49. The number of oxazole rings is 1. The van der Waals surface area contributed by atoms with Crippen LogP contribution < -0.4 is 9.47 Å². The molecule has 214 valence electrons. The molecule has 1 aliphatic heterocycles. The Morgan fingerprint density at radius 1 is 0.860 bits per heavy atom. The molecule has 0 amide bonds. The summed E-state index contributed by atoms with van der Waals surface area (Å²) in [6.07, 6.45) is 2.83.